The number of pyridine rings is 1. The highest BCUT2D eigenvalue weighted by Gasteiger charge is 2.25. The van der Waals surface area contributed by atoms with Crippen LogP contribution in [0.4, 0.5) is 16.2 Å². The smallest absolute Gasteiger partial charge is 0.364 e. The summed E-state index contributed by atoms with van der Waals surface area (Å²) in [5, 5.41) is 9.02. The summed E-state index contributed by atoms with van der Waals surface area (Å²) in [4.78, 5) is 21.3. The van der Waals surface area contributed by atoms with Crippen LogP contribution in [0, 0.1) is 5.82 Å². The Morgan fingerprint density at radius 1 is 1.14 bits per heavy atom. The third-order valence-corrected chi connectivity index (χ3v) is 4.83. The fraction of sp³-hybridized carbons (Fsp3) is 0.136. The van der Waals surface area contributed by atoms with E-state index in [0.717, 1.165) is 22.5 Å². The highest BCUT2D eigenvalue weighted by molar-refractivity contribution is 5.96. The topological polar surface area (TPSA) is 73.1 Å². The maximum absolute atomic E-state index is 13.4. The summed E-state index contributed by atoms with van der Waals surface area (Å²) in [6.45, 7) is -0.0667. The van der Waals surface area contributed by atoms with E-state index in [1.165, 1.54) is 12.3 Å². The van der Waals surface area contributed by atoms with E-state index in [0.29, 0.717) is 17.9 Å². The second-order valence-electron chi connectivity index (χ2n) is 6.72. The molecule has 4 aromatic rings. The molecule has 0 amide bonds. The number of aryl methyl sites for hydroxylation is 1. The van der Waals surface area contributed by atoms with Gasteiger partial charge in [-0.2, -0.15) is 0 Å². The van der Waals surface area contributed by atoms with Gasteiger partial charge in [-0.3, -0.25) is 4.79 Å². The van der Waals surface area contributed by atoms with Gasteiger partial charge in [0.1, 0.15) is 23.5 Å². The van der Waals surface area contributed by atoms with Gasteiger partial charge in [-0.15, -0.1) is 0 Å². The number of Topliss-reactive ketones (excluding diaryl/α,β-unsaturated/α-hetero) is 1. The Morgan fingerprint density at radius 2 is 1.90 bits per heavy atom. The minimum absolute atomic E-state index is 0.323. The van der Waals surface area contributed by atoms with Crippen LogP contribution in [0.5, 0.6) is 0 Å². The fourth-order valence-corrected chi connectivity index (χ4v) is 3.30. The van der Waals surface area contributed by atoms with Gasteiger partial charge < -0.3 is 5.11 Å². The number of aliphatic hydroxyl groups excluding tert-OH is 1. The van der Waals surface area contributed by atoms with Crippen LogP contribution in [0.25, 0.3) is 11.0 Å². The number of aliphatic hydroxyl groups is 1. The molecule has 0 fully saturated rings. The fourth-order valence-electron chi connectivity index (χ4n) is 3.30. The van der Waals surface area contributed by atoms with Crippen LogP contribution in [0.2, 0.25) is 0 Å². The van der Waals surface area contributed by atoms with Gasteiger partial charge in [-0.25, -0.2) is 23.8 Å². The van der Waals surface area contributed by atoms with Crippen molar-refractivity contribution in [2.24, 2.45) is 7.05 Å². The Bertz CT molecular complexity index is 1150. The Hall–Kier alpha value is -3.58. The molecule has 0 atom stereocenters. The highest BCUT2D eigenvalue weighted by atomic mass is 19.1. The summed E-state index contributed by atoms with van der Waals surface area (Å²) >= 11 is 0. The number of ketones is 1. The summed E-state index contributed by atoms with van der Waals surface area (Å²) in [6.07, 6.45) is 1.19. The summed E-state index contributed by atoms with van der Waals surface area (Å²) in [5.41, 5.74) is 3.39. The normalized spacial score (nSPS) is 11.0. The molecule has 0 radical (unpaired) electrons. The Kier molecular flexibility index (Phi) is 5.05. The van der Waals surface area contributed by atoms with Crippen LogP contribution in [0.1, 0.15) is 15.9 Å². The van der Waals surface area contributed by atoms with Gasteiger partial charge in [0, 0.05) is 5.56 Å². The zero-order valence-electron chi connectivity index (χ0n) is 15.8. The van der Waals surface area contributed by atoms with E-state index in [1.807, 2.05) is 52.9 Å². The predicted molar refractivity (Wildman–Crippen MR) is 107 cm³/mol. The monoisotopic (exact) mass is 391 g/mol. The molecule has 0 unspecified atom stereocenters. The van der Waals surface area contributed by atoms with Gasteiger partial charge in [-0.1, -0.05) is 36.4 Å². The van der Waals surface area contributed by atoms with Gasteiger partial charge in [-0.05, 0) is 29.8 Å². The number of rotatable bonds is 6. The molecular formula is C22H20FN4O2+. The van der Waals surface area contributed by atoms with Crippen molar-refractivity contribution >= 4 is 28.6 Å². The molecule has 0 aliphatic rings. The number of nitrogens with one attached hydrogen (secondary N) is 1. The number of benzene rings is 2. The number of hydrogen-bond acceptors (Lipinski definition) is 4. The number of hydrogen-bond donors (Lipinski definition) is 2. The van der Waals surface area contributed by atoms with Gasteiger partial charge in [0.15, 0.2) is 11.6 Å². The Labute approximate surface area is 166 Å². The molecule has 0 saturated heterocycles. The number of fused-ring (bicyclic) bond motifs is 1. The van der Waals surface area contributed by atoms with Crippen LogP contribution in [-0.4, -0.2) is 27.5 Å². The van der Waals surface area contributed by atoms with Gasteiger partial charge in [0.25, 0.3) is 0 Å². The van der Waals surface area contributed by atoms with E-state index < -0.39 is 12.4 Å². The van der Waals surface area contributed by atoms with Gasteiger partial charge in [0.05, 0.1) is 19.8 Å². The van der Waals surface area contributed by atoms with Crippen LogP contribution in [0.15, 0.2) is 66.9 Å². The van der Waals surface area contributed by atoms with E-state index in [2.05, 4.69) is 9.97 Å². The summed E-state index contributed by atoms with van der Waals surface area (Å²) in [6, 6.07) is 18.0. The summed E-state index contributed by atoms with van der Waals surface area (Å²) in [7, 11) is 1.95. The largest absolute Gasteiger partial charge is 0.388 e. The quantitative estimate of drug-likeness (QED) is 0.391. The first kappa shape index (κ1) is 18.8. The van der Waals surface area contributed by atoms with Crippen molar-refractivity contribution in [1.82, 2.24) is 9.97 Å². The third-order valence-electron chi connectivity index (χ3n) is 4.83. The van der Waals surface area contributed by atoms with E-state index >= 15 is 0 Å². The van der Waals surface area contributed by atoms with Gasteiger partial charge in [0.2, 0.25) is 0 Å². The number of carbonyl (C=O) groups is 1. The van der Waals surface area contributed by atoms with E-state index in [1.54, 1.807) is 18.2 Å². The molecule has 0 saturated carbocycles. The van der Waals surface area contributed by atoms with Crippen molar-refractivity contribution < 1.29 is 18.9 Å². The second-order valence-corrected chi connectivity index (χ2v) is 6.72. The average Bonchev–Trinajstić information content (AvgIpc) is 3.09. The standard InChI is InChI=1S/C22H19FN4O2/c1-26-19-5-3-2-4-18(19)25-22(26)27(21-11-10-17(23)12-24-21)13-15-6-8-16(9-7-15)20(29)14-28/h2-12,28H,13-14H2,1H3/p+1. The van der Waals surface area contributed by atoms with E-state index in [4.69, 9.17) is 5.11 Å². The number of aromatic nitrogens is 3. The Morgan fingerprint density at radius 3 is 2.55 bits per heavy atom. The van der Waals surface area contributed by atoms with Crippen molar-refractivity contribution in [3.8, 4) is 0 Å². The number of aromatic amines is 1. The number of nitrogens with zero attached hydrogens (tertiary/aromatic N) is 3. The molecule has 4 rings (SSSR count). The molecular weight excluding hydrogens is 371 g/mol. The number of para-hydroxylation sites is 2. The van der Waals surface area contributed by atoms with Crippen molar-refractivity contribution in [2.75, 3.05) is 11.5 Å². The minimum atomic E-state index is -0.518. The molecule has 2 aromatic carbocycles. The third kappa shape index (κ3) is 3.72. The lowest BCUT2D eigenvalue weighted by atomic mass is 10.1. The van der Waals surface area contributed by atoms with Crippen molar-refractivity contribution in [2.45, 2.75) is 6.54 Å². The zero-order chi connectivity index (χ0) is 20.4. The molecule has 146 valence electrons. The lowest BCUT2D eigenvalue weighted by Gasteiger charge is -2.16. The van der Waals surface area contributed by atoms with Crippen LogP contribution >= 0.6 is 0 Å². The Balaban J connectivity index is 1.75. The van der Waals surface area contributed by atoms with E-state index in [9.17, 15) is 9.18 Å². The number of halogens is 1. The van der Waals surface area contributed by atoms with Crippen LogP contribution < -0.4 is 9.47 Å². The predicted octanol–water partition coefficient (Wildman–Crippen LogP) is 3.04. The molecule has 6 nitrogen and oxygen atoms in total. The van der Waals surface area contributed by atoms with Gasteiger partial charge >= 0.3 is 5.95 Å². The average molecular weight is 391 g/mol. The summed E-state index contributed by atoms with van der Waals surface area (Å²) < 4.78 is 15.5. The highest BCUT2D eigenvalue weighted by Crippen LogP contribution is 2.24. The van der Waals surface area contributed by atoms with Crippen LogP contribution in [-0.2, 0) is 13.6 Å². The summed E-state index contributed by atoms with van der Waals surface area (Å²) in [5.74, 6) is 0.655. The first-order valence-electron chi connectivity index (χ1n) is 9.15. The maximum atomic E-state index is 13.4. The molecule has 2 heterocycles. The SMILES string of the molecule is C[n+]1c(N(Cc2ccc(C(=O)CO)cc2)c2ccc(F)cn2)[nH]c2ccccc21. The lowest BCUT2D eigenvalue weighted by molar-refractivity contribution is -0.631. The van der Waals surface area contributed by atoms with E-state index in [-0.39, 0.29) is 5.78 Å². The maximum Gasteiger partial charge on any atom is 0.364 e. The molecule has 0 spiro atoms. The molecule has 0 aliphatic carbocycles. The first-order chi connectivity index (χ1) is 14.1. The van der Waals surface area contributed by atoms with Crippen LogP contribution in [0.3, 0.4) is 0 Å². The lowest BCUT2D eigenvalue weighted by Crippen LogP contribution is -2.36. The second kappa shape index (κ2) is 7.81. The molecule has 7 heteroatoms. The number of imidazole rings is 1. The molecule has 29 heavy (non-hydrogen) atoms. The van der Waals surface area contributed by atoms with Crippen molar-refractivity contribution in [3.63, 3.8) is 0 Å². The van der Waals surface area contributed by atoms with Crippen molar-refractivity contribution in [1.29, 1.82) is 0 Å². The molecule has 0 bridgehead atoms. The molecule has 2 aromatic heterocycles. The molecule has 2 N–H and O–H groups in total. The number of carbonyl (C=O) groups excluding carboxylic acids is 1. The minimum Gasteiger partial charge on any atom is -0.388 e. The number of anilines is 2. The first-order valence-corrected chi connectivity index (χ1v) is 9.15. The zero-order valence-corrected chi connectivity index (χ0v) is 15.8. The number of H-pyrrole nitrogens is 1. The molecule has 0 aliphatic heterocycles. The van der Waals surface area contributed by atoms with Crippen molar-refractivity contribution in [3.05, 3.63) is 83.8 Å².